The summed E-state index contributed by atoms with van der Waals surface area (Å²) in [5, 5.41) is 0. The van der Waals surface area contributed by atoms with Gasteiger partial charge >= 0.3 is 0 Å². The van der Waals surface area contributed by atoms with E-state index in [4.69, 9.17) is 0 Å². The Bertz CT molecular complexity index is 203. The van der Waals surface area contributed by atoms with Crippen LogP contribution in [0.15, 0.2) is 30.3 Å². The van der Waals surface area contributed by atoms with Crippen LogP contribution in [0.4, 0.5) is 0 Å². The Morgan fingerprint density at radius 2 is 1.60 bits per heavy atom. The monoisotopic (exact) mass is 280 g/mol. The molecule has 0 radical (unpaired) electrons. The minimum absolute atomic E-state index is 0.165. The average molecular weight is 282 g/mol. The Balaban J connectivity index is 2.97. The zero-order chi connectivity index (χ0) is 7.61. The summed E-state index contributed by atoms with van der Waals surface area (Å²) in [7, 11) is 2.66. The third kappa shape index (κ3) is 2.34. The van der Waals surface area contributed by atoms with E-state index in [-0.39, 0.29) is 2.97 Å². The molecule has 0 nitrogen and oxygen atoms in total. The van der Waals surface area contributed by atoms with E-state index in [0.717, 1.165) is 0 Å². The van der Waals surface area contributed by atoms with Crippen LogP contribution in [0.25, 0.3) is 0 Å². The van der Waals surface area contributed by atoms with E-state index in [1.165, 1.54) is 5.56 Å². The van der Waals surface area contributed by atoms with Gasteiger partial charge < -0.3 is 0 Å². The van der Waals surface area contributed by atoms with Crippen molar-refractivity contribution in [2.75, 3.05) is 0 Å². The van der Waals surface area contributed by atoms with Gasteiger partial charge in [-0.1, -0.05) is 62.2 Å². The van der Waals surface area contributed by atoms with Crippen molar-refractivity contribution in [3.63, 3.8) is 0 Å². The van der Waals surface area contributed by atoms with Gasteiger partial charge in [-0.25, -0.2) is 0 Å². The van der Waals surface area contributed by atoms with Gasteiger partial charge in [0, 0.05) is 0 Å². The highest BCUT2D eigenvalue weighted by atomic mass is 79.9. The molecule has 0 aromatic heterocycles. The third-order valence-corrected chi connectivity index (χ3v) is 2.41. The summed E-state index contributed by atoms with van der Waals surface area (Å²) in [6, 6.07) is 10.1. The molecule has 0 aliphatic heterocycles. The van der Waals surface area contributed by atoms with Crippen LogP contribution in [0, 0.1) is 0 Å². The van der Waals surface area contributed by atoms with Gasteiger partial charge in [0.05, 0.1) is 0 Å². The zero-order valence-electron chi connectivity index (χ0n) is 5.22. The first-order valence-corrected chi connectivity index (χ1v) is 4.99. The molecule has 1 aromatic rings. The zero-order valence-corrected chi connectivity index (χ0v) is 9.55. The van der Waals surface area contributed by atoms with Gasteiger partial charge in [0.1, 0.15) is 2.97 Å². The smallest absolute Gasteiger partial charge is 0.103 e. The molecule has 0 heterocycles. The molecule has 10 heavy (non-hydrogen) atoms. The SMILES string of the molecule is PC(Br)(Br)c1ccccc1. The van der Waals surface area contributed by atoms with Crippen molar-refractivity contribution in [1.82, 2.24) is 0 Å². The van der Waals surface area contributed by atoms with Crippen LogP contribution in [-0.2, 0) is 2.97 Å². The van der Waals surface area contributed by atoms with Crippen molar-refractivity contribution in [1.29, 1.82) is 0 Å². The van der Waals surface area contributed by atoms with Gasteiger partial charge in [0.25, 0.3) is 0 Å². The van der Waals surface area contributed by atoms with Crippen LogP contribution in [0.3, 0.4) is 0 Å². The molecule has 1 aromatic carbocycles. The summed E-state index contributed by atoms with van der Waals surface area (Å²) in [6.45, 7) is 0. The van der Waals surface area contributed by atoms with Crippen LogP contribution >= 0.6 is 41.1 Å². The molecular formula is C7H7Br2P. The van der Waals surface area contributed by atoms with Crippen molar-refractivity contribution >= 4 is 41.1 Å². The van der Waals surface area contributed by atoms with Crippen molar-refractivity contribution in [2.45, 2.75) is 2.97 Å². The molecule has 54 valence electrons. The fourth-order valence-electron chi connectivity index (χ4n) is 0.660. The maximum atomic E-state index is 3.47. The normalized spacial score (nSPS) is 11.5. The predicted molar refractivity (Wildman–Crippen MR) is 55.7 cm³/mol. The number of hydrogen-bond acceptors (Lipinski definition) is 0. The summed E-state index contributed by atoms with van der Waals surface area (Å²) < 4.78 is -0.165. The minimum atomic E-state index is -0.165. The molecule has 0 aliphatic carbocycles. The summed E-state index contributed by atoms with van der Waals surface area (Å²) >= 11 is 6.93. The van der Waals surface area contributed by atoms with E-state index >= 15 is 0 Å². The van der Waals surface area contributed by atoms with Gasteiger partial charge in [-0.3, -0.25) is 0 Å². The predicted octanol–water partition coefficient (Wildman–Crippen LogP) is 3.46. The number of halogens is 2. The maximum Gasteiger partial charge on any atom is 0.118 e. The Hall–Kier alpha value is 0.610. The Morgan fingerprint density at radius 3 is 1.90 bits per heavy atom. The van der Waals surface area contributed by atoms with Crippen LogP contribution in [0.2, 0.25) is 0 Å². The average Bonchev–Trinajstić information content (AvgIpc) is 1.88. The summed E-state index contributed by atoms with van der Waals surface area (Å²) in [5.74, 6) is 0. The lowest BCUT2D eigenvalue weighted by molar-refractivity contribution is 1.35. The highest BCUT2D eigenvalue weighted by Crippen LogP contribution is 2.44. The first kappa shape index (κ1) is 8.70. The standard InChI is InChI=1S/C7H7Br2P/c8-7(9,10)6-4-2-1-3-5-6/h1-5H,10H2. The lowest BCUT2D eigenvalue weighted by Crippen LogP contribution is -1.95. The molecule has 0 bridgehead atoms. The quantitative estimate of drug-likeness (QED) is 0.546. The fraction of sp³-hybridized carbons (Fsp3) is 0.143. The van der Waals surface area contributed by atoms with Gasteiger partial charge in [-0.2, -0.15) is 0 Å². The lowest BCUT2D eigenvalue weighted by atomic mass is 10.2. The molecule has 1 unspecified atom stereocenters. The largest absolute Gasteiger partial charge is 0.118 e. The lowest BCUT2D eigenvalue weighted by Gasteiger charge is -2.13. The van der Waals surface area contributed by atoms with Gasteiger partial charge in [-0.15, -0.1) is 9.24 Å². The fourth-order valence-corrected chi connectivity index (χ4v) is 1.38. The Morgan fingerprint density at radius 1 is 1.10 bits per heavy atom. The number of rotatable bonds is 1. The molecule has 1 atom stereocenters. The van der Waals surface area contributed by atoms with Gasteiger partial charge in [0.2, 0.25) is 0 Å². The molecular weight excluding hydrogens is 275 g/mol. The van der Waals surface area contributed by atoms with Crippen molar-refractivity contribution < 1.29 is 0 Å². The van der Waals surface area contributed by atoms with Crippen LogP contribution in [0.1, 0.15) is 5.56 Å². The molecule has 0 N–H and O–H groups in total. The maximum absolute atomic E-state index is 3.47. The third-order valence-electron chi connectivity index (χ3n) is 1.16. The number of hydrogen-bond donors (Lipinski definition) is 0. The minimum Gasteiger partial charge on any atom is -0.103 e. The van der Waals surface area contributed by atoms with Crippen LogP contribution in [-0.4, -0.2) is 0 Å². The first-order valence-electron chi connectivity index (χ1n) is 2.83. The molecule has 0 saturated heterocycles. The van der Waals surface area contributed by atoms with E-state index in [1.807, 2.05) is 18.2 Å². The second-order valence-electron chi connectivity index (χ2n) is 1.99. The Kier molecular flexibility index (Phi) is 2.91. The number of alkyl halides is 2. The van der Waals surface area contributed by atoms with Crippen molar-refractivity contribution in [3.05, 3.63) is 35.9 Å². The highest BCUT2D eigenvalue weighted by Gasteiger charge is 2.16. The molecule has 0 aliphatic rings. The molecule has 0 saturated carbocycles. The van der Waals surface area contributed by atoms with E-state index in [9.17, 15) is 0 Å². The van der Waals surface area contributed by atoms with E-state index < -0.39 is 0 Å². The molecule has 0 fully saturated rings. The van der Waals surface area contributed by atoms with Crippen LogP contribution < -0.4 is 0 Å². The second-order valence-corrected chi connectivity index (χ2v) is 8.11. The summed E-state index contributed by atoms with van der Waals surface area (Å²) in [6.07, 6.45) is 0. The molecule has 0 spiro atoms. The first-order chi connectivity index (χ1) is 4.61. The summed E-state index contributed by atoms with van der Waals surface area (Å²) in [5.41, 5.74) is 1.19. The molecule has 3 heteroatoms. The second kappa shape index (κ2) is 3.34. The summed E-state index contributed by atoms with van der Waals surface area (Å²) in [4.78, 5) is 0. The topological polar surface area (TPSA) is 0 Å². The highest BCUT2D eigenvalue weighted by molar-refractivity contribution is 9.26. The van der Waals surface area contributed by atoms with E-state index in [0.29, 0.717) is 0 Å². The van der Waals surface area contributed by atoms with Crippen LogP contribution in [0.5, 0.6) is 0 Å². The van der Waals surface area contributed by atoms with Gasteiger partial charge in [0.15, 0.2) is 0 Å². The van der Waals surface area contributed by atoms with Gasteiger partial charge in [-0.05, 0) is 5.56 Å². The molecule has 1 rings (SSSR count). The van der Waals surface area contributed by atoms with E-state index in [2.05, 4.69) is 53.2 Å². The molecule has 0 amide bonds. The van der Waals surface area contributed by atoms with Crippen molar-refractivity contribution in [2.24, 2.45) is 0 Å². The Labute approximate surface area is 79.9 Å². The number of benzene rings is 1. The van der Waals surface area contributed by atoms with E-state index in [1.54, 1.807) is 0 Å². The van der Waals surface area contributed by atoms with Crippen molar-refractivity contribution in [3.8, 4) is 0 Å².